The van der Waals surface area contributed by atoms with Gasteiger partial charge in [0.05, 0.1) is 17.0 Å². The number of aryl methyl sites for hydroxylation is 2. The third-order valence-electron chi connectivity index (χ3n) is 4.20. The first-order valence-electron chi connectivity index (χ1n) is 8.88. The normalized spacial score (nSPS) is 11.1. The molecule has 0 saturated heterocycles. The smallest absolute Gasteiger partial charge is 0.261 e. The molecule has 0 aliphatic heterocycles. The van der Waals surface area contributed by atoms with Gasteiger partial charge in [0.2, 0.25) is 5.91 Å². The van der Waals surface area contributed by atoms with Crippen LogP contribution in [0.3, 0.4) is 0 Å². The molecule has 3 rings (SSSR count). The van der Waals surface area contributed by atoms with Crippen LogP contribution in [0.4, 0.5) is 10.8 Å². The standard InChI is InChI=1S/C20H20N4O4S2/c1-12-3-6-14(7-4-12)24-30(27,28)16-8-5-13(2)17(10-16)19(26)23-20-22-15(11-29-20)9-18(21)25/h3-8,10-11,24H,9H2,1-2H3,(H2,21,25)(H,22,23,26). The number of anilines is 2. The number of nitrogens with zero attached hydrogens (tertiary/aromatic N) is 1. The fourth-order valence-electron chi connectivity index (χ4n) is 2.64. The average molecular weight is 445 g/mol. The van der Waals surface area contributed by atoms with E-state index in [1.54, 1.807) is 42.6 Å². The van der Waals surface area contributed by atoms with Crippen LogP contribution in [-0.2, 0) is 21.2 Å². The lowest BCUT2D eigenvalue weighted by atomic mass is 10.1. The lowest BCUT2D eigenvalue weighted by molar-refractivity contribution is -0.117. The first-order valence-corrected chi connectivity index (χ1v) is 11.2. The van der Waals surface area contributed by atoms with Gasteiger partial charge in [-0.25, -0.2) is 13.4 Å². The summed E-state index contributed by atoms with van der Waals surface area (Å²) in [6, 6.07) is 11.3. The predicted molar refractivity (Wildman–Crippen MR) is 116 cm³/mol. The van der Waals surface area contributed by atoms with Crippen LogP contribution in [0.5, 0.6) is 0 Å². The van der Waals surface area contributed by atoms with Crippen LogP contribution in [0.2, 0.25) is 0 Å². The Morgan fingerprint density at radius 2 is 1.80 bits per heavy atom. The van der Waals surface area contributed by atoms with Gasteiger partial charge in [-0.3, -0.25) is 19.6 Å². The SMILES string of the molecule is Cc1ccc(NS(=O)(=O)c2ccc(C)c(C(=O)Nc3nc(CC(N)=O)cs3)c2)cc1. The molecule has 2 aromatic carbocycles. The molecule has 30 heavy (non-hydrogen) atoms. The Hall–Kier alpha value is -3.24. The number of nitrogens with two attached hydrogens (primary N) is 1. The summed E-state index contributed by atoms with van der Waals surface area (Å²) in [6.45, 7) is 3.61. The number of nitrogens with one attached hydrogen (secondary N) is 2. The van der Waals surface area contributed by atoms with Crippen molar-refractivity contribution in [2.24, 2.45) is 5.73 Å². The maximum Gasteiger partial charge on any atom is 0.261 e. The summed E-state index contributed by atoms with van der Waals surface area (Å²) in [5.41, 5.74) is 7.84. The van der Waals surface area contributed by atoms with Crippen molar-refractivity contribution in [1.82, 2.24) is 4.98 Å². The Morgan fingerprint density at radius 1 is 1.10 bits per heavy atom. The minimum Gasteiger partial charge on any atom is -0.369 e. The van der Waals surface area contributed by atoms with Crippen molar-refractivity contribution < 1.29 is 18.0 Å². The molecule has 0 atom stereocenters. The number of carbonyl (C=O) groups excluding carboxylic acids is 2. The lowest BCUT2D eigenvalue weighted by Crippen LogP contribution is -2.17. The van der Waals surface area contributed by atoms with E-state index in [9.17, 15) is 18.0 Å². The molecule has 0 radical (unpaired) electrons. The predicted octanol–water partition coefficient (Wildman–Crippen LogP) is 2.84. The molecule has 0 unspecified atom stereocenters. The van der Waals surface area contributed by atoms with Crippen LogP contribution < -0.4 is 15.8 Å². The molecule has 0 aliphatic carbocycles. The fourth-order valence-corrected chi connectivity index (χ4v) is 4.43. The second-order valence-electron chi connectivity index (χ2n) is 6.69. The second kappa shape index (κ2) is 8.64. The molecule has 2 amide bonds. The largest absolute Gasteiger partial charge is 0.369 e. The number of sulfonamides is 1. The molecule has 8 nitrogen and oxygen atoms in total. The zero-order valence-corrected chi connectivity index (χ0v) is 17.9. The Labute approximate surface area is 178 Å². The summed E-state index contributed by atoms with van der Waals surface area (Å²) in [7, 11) is -3.88. The van der Waals surface area contributed by atoms with E-state index in [1.807, 2.05) is 6.92 Å². The zero-order chi connectivity index (χ0) is 21.9. The summed E-state index contributed by atoms with van der Waals surface area (Å²) in [5.74, 6) is -1.02. The molecule has 1 aromatic heterocycles. The maximum absolute atomic E-state index is 12.7. The van der Waals surface area contributed by atoms with Crippen molar-refractivity contribution in [2.45, 2.75) is 25.2 Å². The third kappa shape index (κ3) is 5.22. The number of primary amides is 1. The van der Waals surface area contributed by atoms with Gasteiger partial charge in [-0.05, 0) is 43.7 Å². The van der Waals surface area contributed by atoms with Gasteiger partial charge in [0.15, 0.2) is 5.13 Å². The average Bonchev–Trinajstić information content (AvgIpc) is 3.09. The molecule has 0 spiro atoms. The van der Waals surface area contributed by atoms with Crippen LogP contribution >= 0.6 is 11.3 Å². The molecule has 0 aliphatic rings. The molecule has 4 N–H and O–H groups in total. The minimum absolute atomic E-state index is 0.0240. The van der Waals surface area contributed by atoms with E-state index in [-0.39, 0.29) is 16.9 Å². The molecule has 156 valence electrons. The monoisotopic (exact) mass is 444 g/mol. The van der Waals surface area contributed by atoms with Crippen molar-refractivity contribution in [3.05, 3.63) is 70.2 Å². The van der Waals surface area contributed by atoms with E-state index < -0.39 is 21.8 Å². The zero-order valence-electron chi connectivity index (χ0n) is 16.3. The highest BCUT2D eigenvalue weighted by atomic mass is 32.2. The van der Waals surface area contributed by atoms with Crippen molar-refractivity contribution in [1.29, 1.82) is 0 Å². The fraction of sp³-hybridized carbons (Fsp3) is 0.150. The van der Waals surface area contributed by atoms with Crippen molar-refractivity contribution in [2.75, 3.05) is 10.0 Å². The van der Waals surface area contributed by atoms with Gasteiger partial charge in [0.25, 0.3) is 15.9 Å². The number of thiazole rings is 1. The molecular weight excluding hydrogens is 424 g/mol. The van der Waals surface area contributed by atoms with Crippen LogP contribution in [-0.4, -0.2) is 25.2 Å². The summed E-state index contributed by atoms with van der Waals surface area (Å²) in [6.07, 6.45) is -0.0240. The van der Waals surface area contributed by atoms with Crippen molar-refractivity contribution >= 4 is 44.0 Å². The van der Waals surface area contributed by atoms with Crippen LogP contribution in [0.25, 0.3) is 0 Å². The molecule has 0 bridgehead atoms. The van der Waals surface area contributed by atoms with E-state index in [0.29, 0.717) is 22.1 Å². The molecule has 0 fully saturated rings. The topological polar surface area (TPSA) is 131 Å². The highest BCUT2D eigenvalue weighted by Gasteiger charge is 2.19. The number of benzene rings is 2. The summed E-state index contributed by atoms with van der Waals surface area (Å²) in [4.78, 5) is 27.8. The quantitative estimate of drug-likeness (QED) is 0.516. The van der Waals surface area contributed by atoms with Crippen molar-refractivity contribution in [3.8, 4) is 0 Å². The highest BCUT2D eigenvalue weighted by molar-refractivity contribution is 7.92. The molecule has 0 saturated carbocycles. The van der Waals surface area contributed by atoms with Crippen LogP contribution in [0.1, 0.15) is 27.2 Å². The van der Waals surface area contributed by atoms with Gasteiger partial charge >= 0.3 is 0 Å². The summed E-state index contributed by atoms with van der Waals surface area (Å²) in [5, 5.41) is 4.55. The second-order valence-corrected chi connectivity index (χ2v) is 9.23. The van der Waals surface area contributed by atoms with Gasteiger partial charge in [-0.2, -0.15) is 0 Å². The Balaban J connectivity index is 1.81. The lowest BCUT2D eigenvalue weighted by Gasteiger charge is -2.11. The number of hydrogen-bond donors (Lipinski definition) is 3. The Morgan fingerprint density at radius 3 is 2.47 bits per heavy atom. The molecule has 1 heterocycles. The number of carbonyl (C=O) groups is 2. The van der Waals surface area contributed by atoms with Gasteiger partial charge in [-0.15, -0.1) is 11.3 Å². The molecular formula is C20H20N4O4S2. The van der Waals surface area contributed by atoms with E-state index in [0.717, 1.165) is 16.9 Å². The van der Waals surface area contributed by atoms with E-state index in [4.69, 9.17) is 5.73 Å². The van der Waals surface area contributed by atoms with Crippen LogP contribution in [0.15, 0.2) is 52.7 Å². The Kier molecular flexibility index (Phi) is 6.18. The van der Waals surface area contributed by atoms with E-state index >= 15 is 0 Å². The minimum atomic E-state index is -3.88. The van der Waals surface area contributed by atoms with E-state index in [1.165, 1.54) is 12.1 Å². The summed E-state index contributed by atoms with van der Waals surface area (Å²) < 4.78 is 28.0. The molecule has 3 aromatic rings. The first kappa shape index (κ1) is 21.5. The first-order chi connectivity index (χ1) is 14.1. The highest BCUT2D eigenvalue weighted by Crippen LogP contribution is 2.22. The van der Waals surface area contributed by atoms with Gasteiger partial charge < -0.3 is 5.73 Å². The molecule has 10 heteroatoms. The van der Waals surface area contributed by atoms with Crippen molar-refractivity contribution in [3.63, 3.8) is 0 Å². The maximum atomic E-state index is 12.7. The summed E-state index contributed by atoms with van der Waals surface area (Å²) >= 11 is 1.15. The third-order valence-corrected chi connectivity index (χ3v) is 6.38. The van der Waals surface area contributed by atoms with E-state index in [2.05, 4.69) is 15.0 Å². The number of aromatic nitrogens is 1. The Bertz CT molecular complexity index is 1200. The van der Waals surface area contributed by atoms with Gasteiger partial charge in [-0.1, -0.05) is 23.8 Å². The number of amides is 2. The number of rotatable bonds is 7. The number of hydrogen-bond acceptors (Lipinski definition) is 6. The van der Waals surface area contributed by atoms with Gasteiger partial charge in [0.1, 0.15) is 0 Å². The van der Waals surface area contributed by atoms with Gasteiger partial charge in [0, 0.05) is 16.6 Å². The van der Waals surface area contributed by atoms with Crippen LogP contribution in [0, 0.1) is 13.8 Å².